The fraction of sp³-hybridized carbons (Fsp3) is 0.588. The number of rotatable bonds is 22. The van der Waals surface area contributed by atoms with Gasteiger partial charge in [0, 0.05) is 7.26 Å². The lowest BCUT2D eigenvalue weighted by molar-refractivity contribution is -0.235. The van der Waals surface area contributed by atoms with E-state index in [1.54, 1.807) is 24.6 Å². The van der Waals surface area contributed by atoms with Crippen LogP contribution in [0.4, 0.5) is 0 Å². The van der Waals surface area contributed by atoms with Crippen LogP contribution in [0.3, 0.4) is 0 Å². The molecule has 0 atom stereocenters. The summed E-state index contributed by atoms with van der Waals surface area (Å²) in [5.74, 6) is -2.84. The largest absolute Gasteiger partial charge is 0.808 e. The highest BCUT2D eigenvalue weighted by Crippen LogP contribution is 2.61. The van der Waals surface area contributed by atoms with Crippen LogP contribution in [0.25, 0.3) is 0 Å². The molecule has 2 aromatic rings. The third kappa shape index (κ3) is 15.6. The normalized spacial score (nSPS) is 10.9. The van der Waals surface area contributed by atoms with E-state index in [2.05, 4.69) is 27.7 Å². The predicted octanol–water partition coefficient (Wildman–Crippen LogP) is 8.65. The number of unbranched alkanes of at least 4 members (excludes halogenated alkanes) is 8. The van der Waals surface area contributed by atoms with E-state index in [1.165, 1.54) is 126 Å². The Balaban J connectivity index is 0.000000431. The molecule has 0 aliphatic heterocycles. The zero-order chi connectivity index (χ0) is 31.9. The molecule has 7 nitrogen and oxygen atoms in total. The minimum absolute atomic E-state index is 0.164. The lowest BCUT2D eigenvalue weighted by atomic mass is 10.1. The van der Waals surface area contributed by atoms with Crippen molar-refractivity contribution >= 4 is 26.5 Å². The van der Waals surface area contributed by atoms with E-state index < -0.39 is 26.5 Å². The maximum Gasteiger partial charge on any atom is 0.492 e. The van der Waals surface area contributed by atoms with Crippen LogP contribution in [0.15, 0.2) is 48.5 Å². The molecule has 0 amide bonds. The Kier molecular flexibility index (Phi) is 20.5. The first-order valence-electron chi connectivity index (χ1n) is 16.2. The highest BCUT2D eigenvalue weighted by Gasteiger charge is 2.34. The minimum atomic E-state index is -2.11. The van der Waals surface area contributed by atoms with Gasteiger partial charge in [0.15, 0.2) is 0 Å². The van der Waals surface area contributed by atoms with Gasteiger partial charge in [-0.15, -0.1) is 0 Å². The fourth-order valence-corrected chi connectivity index (χ4v) is 10.3. The number of aromatic carboxylic acids is 2. The second-order valence-corrected chi connectivity index (χ2v) is 15.7. The van der Waals surface area contributed by atoms with Crippen LogP contribution in [0.5, 0.6) is 11.5 Å². The lowest BCUT2D eigenvalue weighted by Crippen LogP contribution is -2.44. The van der Waals surface area contributed by atoms with E-state index in [0.29, 0.717) is 0 Å². The smallest absolute Gasteiger partial charge is 0.492 e. The fourth-order valence-electron chi connectivity index (χ4n) is 5.10. The molecule has 2 rings (SSSR count). The summed E-state index contributed by atoms with van der Waals surface area (Å²) >= 11 is 0. The zero-order valence-electron chi connectivity index (χ0n) is 26.9. The predicted molar refractivity (Wildman–Crippen MR) is 178 cm³/mol. The van der Waals surface area contributed by atoms with Crippen molar-refractivity contribution in [2.45, 2.75) is 105 Å². The number of carboxylic acids is 2. The molecular weight excluding hydrogens is 562 g/mol. The maximum atomic E-state index is 11.8. The molecule has 240 valence electrons. The van der Waals surface area contributed by atoms with Crippen LogP contribution >= 0.6 is 7.26 Å². The van der Waals surface area contributed by atoms with Crippen LogP contribution in [0, 0.1) is 0 Å². The molecule has 0 saturated carbocycles. The van der Waals surface area contributed by atoms with E-state index in [-0.39, 0.29) is 22.6 Å². The molecular formula is C34H54BO7P. The third-order valence-corrected chi connectivity index (χ3v) is 12.7. The van der Waals surface area contributed by atoms with Crippen molar-refractivity contribution in [2.24, 2.45) is 0 Å². The monoisotopic (exact) mass is 616 g/mol. The van der Waals surface area contributed by atoms with Crippen molar-refractivity contribution in [3.63, 3.8) is 0 Å². The summed E-state index contributed by atoms with van der Waals surface area (Å²) in [4.78, 5) is 22.0. The number of hydrogen-bond acceptors (Lipinski definition) is 5. The maximum absolute atomic E-state index is 11.8. The number of carbonyl (C=O) groups is 2. The Morgan fingerprint density at radius 3 is 1.35 bits per heavy atom. The number of carboxylic acid groups (broad SMARTS) is 2. The molecule has 0 aliphatic rings. The molecule has 0 radical (unpaired) electrons. The van der Waals surface area contributed by atoms with Gasteiger partial charge >= 0.3 is 19.3 Å². The van der Waals surface area contributed by atoms with Crippen LogP contribution in [-0.4, -0.2) is 54.1 Å². The van der Waals surface area contributed by atoms with Gasteiger partial charge in [-0.2, -0.15) is 0 Å². The molecule has 0 spiro atoms. The number of para-hydroxylation sites is 2. The molecule has 9 heteroatoms. The summed E-state index contributed by atoms with van der Waals surface area (Å²) in [6.07, 6.45) is 24.0. The Morgan fingerprint density at radius 1 is 0.605 bits per heavy atom. The SMILES string of the molecule is CCCCCCCC[P+](CCCC)(CCCC)CCCC.O=C(O)c1ccccc1OB([O-])Oc1ccccc1C(=O)O. The molecule has 2 aromatic carbocycles. The van der Waals surface area contributed by atoms with E-state index in [0.717, 1.165) is 0 Å². The first kappa shape index (κ1) is 38.5. The van der Waals surface area contributed by atoms with Gasteiger partial charge in [0.25, 0.3) is 0 Å². The van der Waals surface area contributed by atoms with Crippen molar-refractivity contribution in [3.05, 3.63) is 59.7 Å². The van der Waals surface area contributed by atoms with E-state index in [9.17, 15) is 14.6 Å². The van der Waals surface area contributed by atoms with Crippen LogP contribution < -0.4 is 14.3 Å². The van der Waals surface area contributed by atoms with Crippen molar-refractivity contribution in [3.8, 4) is 11.5 Å². The van der Waals surface area contributed by atoms with Gasteiger partial charge in [-0.3, -0.25) is 0 Å². The van der Waals surface area contributed by atoms with Crippen molar-refractivity contribution in [2.75, 3.05) is 24.6 Å². The van der Waals surface area contributed by atoms with Gasteiger partial charge in [0.2, 0.25) is 0 Å². The van der Waals surface area contributed by atoms with Gasteiger partial charge in [0.1, 0.15) is 11.5 Å². The van der Waals surface area contributed by atoms with Crippen molar-refractivity contribution in [1.82, 2.24) is 0 Å². The Hall–Kier alpha value is -2.57. The first-order chi connectivity index (χ1) is 20.7. The zero-order valence-corrected chi connectivity index (χ0v) is 27.8. The Labute approximate surface area is 260 Å². The molecule has 2 N–H and O–H groups in total. The van der Waals surface area contributed by atoms with Gasteiger partial charge in [-0.05, 0) is 56.4 Å². The molecule has 0 aromatic heterocycles. The molecule has 0 saturated heterocycles. The Morgan fingerprint density at radius 2 is 0.953 bits per heavy atom. The quantitative estimate of drug-likeness (QED) is 0.0773. The summed E-state index contributed by atoms with van der Waals surface area (Å²) in [6.45, 7) is 9.44. The number of benzene rings is 2. The second kappa shape index (κ2) is 22.9. The summed E-state index contributed by atoms with van der Waals surface area (Å²) in [5, 5.41) is 29.8. The topological polar surface area (TPSA) is 116 Å². The first-order valence-corrected chi connectivity index (χ1v) is 18.7. The van der Waals surface area contributed by atoms with E-state index in [1.807, 2.05) is 0 Å². The lowest BCUT2D eigenvalue weighted by Gasteiger charge is -2.28. The second-order valence-electron chi connectivity index (χ2n) is 11.2. The average molecular weight is 617 g/mol. The third-order valence-electron chi connectivity index (χ3n) is 7.63. The Bertz CT molecular complexity index is 968. The summed E-state index contributed by atoms with van der Waals surface area (Å²) in [6, 6.07) is 11.1. The van der Waals surface area contributed by atoms with Gasteiger partial charge in [-0.1, -0.05) is 96.9 Å². The van der Waals surface area contributed by atoms with Gasteiger partial charge in [-0.25, -0.2) is 9.59 Å². The average Bonchev–Trinajstić information content (AvgIpc) is 3.00. The molecule has 43 heavy (non-hydrogen) atoms. The van der Waals surface area contributed by atoms with Gasteiger partial charge < -0.3 is 24.5 Å². The molecule has 0 heterocycles. The highest BCUT2D eigenvalue weighted by molar-refractivity contribution is 7.75. The van der Waals surface area contributed by atoms with Crippen molar-refractivity contribution < 1.29 is 34.1 Å². The highest BCUT2D eigenvalue weighted by atomic mass is 31.2. The summed E-state index contributed by atoms with van der Waals surface area (Å²) in [7, 11) is -2.71. The van der Waals surface area contributed by atoms with Gasteiger partial charge in [0.05, 0.1) is 35.8 Å². The van der Waals surface area contributed by atoms with Crippen LogP contribution in [0.1, 0.15) is 125 Å². The standard InChI is InChI=1S/C20H44P.C14H10BO7/c1-5-9-13-14-15-16-20-21(17-10-6-2,18-11-7-3)19-12-8-4;16-13(17)9-5-1-3-7-11(9)21-15(20)22-12-8-4-2-6-10(12)14(18)19/h5-20H2,1-4H3;1-8H,(H,16,17)(H,18,19)/q+1;-1. The van der Waals surface area contributed by atoms with E-state index >= 15 is 0 Å². The van der Waals surface area contributed by atoms with Crippen LogP contribution in [-0.2, 0) is 0 Å². The summed E-state index contributed by atoms with van der Waals surface area (Å²) in [5.41, 5.74) is -0.392. The minimum Gasteiger partial charge on any atom is -0.808 e. The van der Waals surface area contributed by atoms with Crippen molar-refractivity contribution in [1.29, 1.82) is 0 Å². The van der Waals surface area contributed by atoms with E-state index in [4.69, 9.17) is 19.5 Å². The number of hydrogen-bond donors (Lipinski definition) is 2. The molecule has 0 bridgehead atoms. The van der Waals surface area contributed by atoms with Crippen LogP contribution in [0.2, 0.25) is 0 Å². The molecule has 0 aliphatic carbocycles. The molecule has 0 unspecified atom stereocenters. The molecule has 0 fully saturated rings. The summed E-state index contributed by atoms with van der Waals surface area (Å²) < 4.78 is 9.79.